The quantitative estimate of drug-likeness (QED) is 0.179. The SMILES string of the molecule is CC1(C)c2cccc(n2)-c2[c-]c(c(F)c(F)c2F)-c2cccc(n2)C(C)(C)c2ccc1[n-]2.[Pt+2]. The second kappa shape index (κ2) is 7.95. The van der Waals surface area contributed by atoms with Gasteiger partial charge in [0, 0.05) is 33.6 Å². The molecule has 0 radical (unpaired) electrons. The summed E-state index contributed by atoms with van der Waals surface area (Å²) in [6, 6.07) is 16.8. The van der Waals surface area contributed by atoms with Crippen LogP contribution in [-0.4, -0.2) is 9.97 Å². The van der Waals surface area contributed by atoms with Crippen molar-refractivity contribution < 1.29 is 34.2 Å². The van der Waals surface area contributed by atoms with Crippen LogP contribution in [0.3, 0.4) is 0 Å². The van der Waals surface area contributed by atoms with Gasteiger partial charge in [0.15, 0.2) is 0 Å². The van der Waals surface area contributed by atoms with Crippen LogP contribution in [0.5, 0.6) is 0 Å². The Bertz CT molecular complexity index is 1280. The van der Waals surface area contributed by atoms with Gasteiger partial charge in [-0.3, -0.25) is 18.7 Å². The second-order valence-electron chi connectivity index (χ2n) is 9.10. The first-order valence-corrected chi connectivity index (χ1v) is 10.3. The monoisotopic (exact) mass is 626 g/mol. The minimum atomic E-state index is -1.57. The van der Waals surface area contributed by atoms with Crippen molar-refractivity contribution in [1.82, 2.24) is 15.0 Å². The van der Waals surface area contributed by atoms with Crippen molar-refractivity contribution in [3.05, 3.63) is 94.8 Å². The van der Waals surface area contributed by atoms with Crippen LogP contribution in [0.2, 0.25) is 0 Å². The largest absolute Gasteiger partial charge is 2.00 e. The molecule has 0 unspecified atom stereocenters. The molecule has 7 heteroatoms. The molecule has 8 bridgehead atoms. The summed E-state index contributed by atoms with van der Waals surface area (Å²) in [5, 5.41) is 0. The van der Waals surface area contributed by atoms with Gasteiger partial charge < -0.3 is 4.98 Å². The van der Waals surface area contributed by atoms with E-state index in [1.165, 1.54) is 0 Å². The Kier molecular flexibility index (Phi) is 5.64. The van der Waals surface area contributed by atoms with E-state index in [2.05, 4.69) is 16.0 Å². The number of hydrogen-bond donors (Lipinski definition) is 0. The zero-order chi connectivity index (χ0) is 22.8. The predicted molar refractivity (Wildman–Crippen MR) is 116 cm³/mol. The molecule has 1 aromatic carbocycles. The minimum absolute atomic E-state index is 0. The summed E-state index contributed by atoms with van der Waals surface area (Å²) >= 11 is 0. The number of halogens is 3. The molecule has 0 fully saturated rings. The van der Waals surface area contributed by atoms with Gasteiger partial charge in [0.05, 0.1) is 11.6 Å². The van der Waals surface area contributed by atoms with Gasteiger partial charge in [0.1, 0.15) is 5.82 Å². The average Bonchev–Trinajstić information content (AvgIpc) is 3.30. The van der Waals surface area contributed by atoms with Crippen molar-refractivity contribution in [2.45, 2.75) is 38.5 Å². The van der Waals surface area contributed by atoms with Gasteiger partial charge in [-0.25, -0.2) is 4.39 Å². The fourth-order valence-electron chi connectivity index (χ4n) is 4.07. The van der Waals surface area contributed by atoms with E-state index in [0.29, 0.717) is 11.4 Å². The Morgan fingerprint density at radius 2 is 1.09 bits per heavy atom. The summed E-state index contributed by atoms with van der Waals surface area (Å²) in [6.07, 6.45) is 0. The maximum absolute atomic E-state index is 14.8. The Hall–Kier alpha value is -2.72. The van der Waals surface area contributed by atoms with Crippen LogP contribution in [0.25, 0.3) is 22.5 Å². The third kappa shape index (κ3) is 3.56. The summed E-state index contributed by atoms with van der Waals surface area (Å²) < 4.78 is 44.3. The molecule has 1 aliphatic heterocycles. The smallest absolute Gasteiger partial charge is 0.663 e. The average molecular weight is 627 g/mol. The fourth-order valence-corrected chi connectivity index (χ4v) is 4.07. The summed E-state index contributed by atoms with van der Waals surface area (Å²) in [7, 11) is 0. The van der Waals surface area contributed by atoms with Gasteiger partial charge in [0.2, 0.25) is 0 Å². The Labute approximate surface area is 204 Å². The Morgan fingerprint density at radius 3 is 1.52 bits per heavy atom. The molecule has 0 N–H and O–H groups in total. The first-order valence-electron chi connectivity index (χ1n) is 10.3. The van der Waals surface area contributed by atoms with Crippen LogP contribution in [0, 0.1) is 23.5 Å². The fraction of sp³-hybridized carbons (Fsp3) is 0.231. The number of hydrogen-bond acceptors (Lipinski definition) is 2. The Morgan fingerprint density at radius 1 is 0.667 bits per heavy atom. The molecule has 3 nitrogen and oxygen atoms in total. The van der Waals surface area contributed by atoms with Crippen molar-refractivity contribution in [1.29, 1.82) is 0 Å². The number of benzene rings is 1. The van der Waals surface area contributed by atoms with E-state index in [9.17, 15) is 13.2 Å². The van der Waals surface area contributed by atoms with Crippen molar-refractivity contribution >= 4 is 0 Å². The molecular formula is C26H20F3N3Pt. The number of pyridine rings is 2. The summed E-state index contributed by atoms with van der Waals surface area (Å²) in [4.78, 5) is 14.1. The van der Waals surface area contributed by atoms with Crippen molar-refractivity contribution in [3.8, 4) is 22.5 Å². The molecule has 0 atom stereocenters. The molecule has 33 heavy (non-hydrogen) atoms. The molecule has 5 rings (SSSR count). The summed E-state index contributed by atoms with van der Waals surface area (Å²) in [6.45, 7) is 7.89. The maximum atomic E-state index is 14.8. The number of rotatable bonds is 0. The molecule has 0 saturated carbocycles. The third-order valence-electron chi connectivity index (χ3n) is 6.29. The van der Waals surface area contributed by atoms with E-state index in [-0.39, 0.29) is 43.6 Å². The molecule has 1 aliphatic rings. The van der Waals surface area contributed by atoms with Gasteiger partial charge in [-0.15, -0.1) is 17.5 Å². The predicted octanol–water partition coefficient (Wildman–Crippen LogP) is 5.95. The first-order chi connectivity index (χ1) is 15.1. The van der Waals surface area contributed by atoms with Crippen molar-refractivity contribution in [3.63, 3.8) is 0 Å². The van der Waals surface area contributed by atoms with Crippen LogP contribution in [0.4, 0.5) is 13.2 Å². The van der Waals surface area contributed by atoms with E-state index in [1.54, 1.807) is 24.3 Å². The van der Waals surface area contributed by atoms with Gasteiger partial charge >= 0.3 is 21.1 Å². The molecule has 0 aliphatic carbocycles. The topological polar surface area (TPSA) is 39.9 Å². The number of nitrogens with zero attached hydrogens (tertiary/aromatic N) is 3. The molecule has 3 aromatic heterocycles. The standard InChI is InChI=1S/C26H20F3N3.Pt/c1-25(2)18-9-5-7-16(30-18)14-13-15(23(28)24(29)22(14)27)17-8-6-10-19(31-17)26(3,4)21-12-11-20(25)32-21;/h5-12H,1-4H3;/q-2;+2. The van der Waals surface area contributed by atoms with E-state index >= 15 is 0 Å². The van der Waals surface area contributed by atoms with Crippen molar-refractivity contribution in [2.75, 3.05) is 0 Å². The van der Waals surface area contributed by atoms with Gasteiger partial charge in [-0.2, -0.15) is 0 Å². The van der Waals surface area contributed by atoms with Crippen molar-refractivity contribution in [2.24, 2.45) is 0 Å². The summed E-state index contributed by atoms with van der Waals surface area (Å²) in [5.74, 6) is -4.23. The zero-order valence-corrected chi connectivity index (χ0v) is 20.7. The van der Waals surface area contributed by atoms with Crippen LogP contribution in [0.15, 0.2) is 48.5 Å². The second-order valence-corrected chi connectivity index (χ2v) is 9.10. The van der Waals surface area contributed by atoms with Crippen LogP contribution < -0.4 is 4.98 Å². The third-order valence-corrected chi connectivity index (χ3v) is 6.29. The molecule has 0 saturated heterocycles. The maximum Gasteiger partial charge on any atom is 2.00 e. The Balaban J connectivity index is 0.00000259. The number of fused-ring (bicyclic) bond motifs is 10. The van der Waals surface area contributed by atoms with E-state index in [1.807, 2.05) is 52.0 Å². The molecule has 0 amide bonds. The summed E-state index contributed by atoms with van der Waals surface area (Å²) in [5.41, 5.74) is 1.48. The van der Waals surface area contributed by atoms with Crippen LogP contribution in [0.1, 0.15) is 50.5 Å². The first kappa shape index (κ1) is 23.4. The molecule has 170 valence electrons. The van der Waals surface area contributed by atoms with Crippen LogP contribution in [-0.2, 0) is 31.9 Å². The molecule has 0 spiro atoms. The van der Waals surface area contributed by atoms with Gasteiger partial charge in [0.25, 0.3) is 0 Å². The minimum Gasteiger partial charge on any atom is -0.663 e. The molecule has 4 aromatic rings. The number of aromatic nitrogens is 3. The molecular weight excluding hydrogens is 606 g/mol. The van der Waals surface area contributed by atoms with E-state index in [0.717, 1.165) is 11.4 Å². The van der Waals surface area contributed by atoms with Gasteiger partial charge in [-0.1, -0.05) is 75.2 Å². The van der Waals surface area contributed by atoms with Gasteiger partial charge in [-0.05, 0) is 12.1 Å². The zero-order valence-electron chi connectivity index (χ0n) is 18.4. The van der Waals surface area contributed by atoms with E-state index < -0.39 is 28.3 Å². The van der Waals surface area contributed by atoms with Crippen LogP contribution >= 0.6 is 0 Å². The molecule has 4 heterocycles. The normalized spacial score (nSPS) is 15.4. The van der Waals surface area contributed by atoms with E-state index in [4.69, 9.17) is 4.98 Å².